The molecule has 33 heavy (non-hydrogen) atoms. The summed E-state index contributed by atoms with van der Waals surface area (Å²) in [4.78, 5) is 16.1. The summed E-state index contributed by atoms with van der Waals surface area (Å²) in [6.45, 7) is 3.15. The first-order valence-corrected chi connectivity index (χ1v) is 14.0. The van der Waals surface area contributed by atoms with Crippen LogP contribution >= 0.6 is 11.8 Å². The lowest BCUT2D eigenvalue weighted by atomic mass is 10.2. The molecule has 2 aromatic rings. The molecule has 9 heteroatoms. The van der Waals surface area contributed by atoms with E-state index in [9.17, 15) is 17.6 Å². The van der Waals surface area contributed by atoms with Crippen molar-refractivity contribution in [2.24, 2.45) is 0 Å². The minimum Gasteiger partial charge on any atom is -0.354 e. The van der Waals surface area contributed by atoms with Crippen molar-refractivity contribution in [3.8, 4) is 0 Å². The molecule has 0 radical (unpaired) electrons. The number of thioether (sulfide) groups is 1. The minimum absolute atomic E-state index is 0.0542. The van der Waals surface area contributed by atoms with E-state index in [0.29, 0.717) is 6.54 Å². The molecule has 3 rings (SSSR count). The Labute approximate surface area is 200 Å². The Morgan fingerprint density at radius 1 is 1.09 bits per heavy atom. The van der Waals surface area contributed by atoms with Gasteiger partial charge in [0, 0.05) is 11.4 Å². The van der Waals surface area contributed by atoms with Crippen molar-refractivity contribution in [3.05, 3.63) is 54.3 Å². The number of carbonyl (C=O) groups excluding carboxylic acids is 1. The highest BCUT2D eigenvalue weighted by Crippen LogP contribution is 2.26. The molecular weight excluding hydrogens is 461 g/mol. The Kier molecular flexibility index (Phi) is 9.58. The van der Waals surface area contributed by atoms with Crippen LogP contribution in [0.25, 0.3) is 0 Å². The summed E-state index contributed by atoms with van der Waals surface area (Å²) in [7, 11) is -4.05. The highest BCUT2D eigenvalue weighted by molar-refractivity contribution is 7.98. The van der Waals surface area contributed by atoms with Gasteiger partial charge in [0.1, 0.15) is 12.4 Å². The zero-order valence-electron chi connectivity index (χ0n) is 19.0. The van der Waals surface area contributed by atoms with Crippen molar-refractivity contribution < 1.29 is 17.6 Å². The van der Waals surface area contributed by atoms with Gasteiger partial charge in [0.25, 0.3) is 10.0 Å². The second-order valence-electron chi connectivity index (χ2n) is 8.13. The average molecular weight is 494 g/mol. The first-order valence-electron chi connectivity index (χ1n) is 11.3. The van der Waals surface area contributed by atoms with Crippen LogP contribution in [0.4, 0.5) is 10.1 Å². The van der Waals surface area contributed by atoms with E-state index in [1.54, 1.807) is 12.1 Å². The number of carbonyl (C=O) groups is 1. The molecule has 0 saturated carbocycles. The molecule has 0 aliphatic carbocycles. The molecule has 1 aliphatic rings. The summed E-state index contributed by atoms with van der Waals surface area (Å²) < 4.78 is 41.6. The number of anilines is 1. The Morgan fingerprint density at radius 3 is 2.42 bits per heavy atom. The third-order valence-electron chi connectivity index (χ3n) is 5.70. The highest BCUT2D eigenvalue weighted by Gasteiger charge is 2.27. The molecule has 1 saturated heterocycles. The van der Waals surface area contributed by atoms with Gasteiger partial charge < -0.3 is 10.2 Å². The van der Waals surface area contributed by atoms with E-state index in [-0.39, 0.29) is 10.6 Å². The smallest absolute Gasteiger partial charge is 0.264 e. The maximum Gasteiger partial charge on any atom is 0.264 e. The zero-order valence-corrected chi connectivity index (χ0v) is 20.6. The quantitative estimate of drug-likeness (QED) is 0.398. The van der Waals surface area contributed by atoms with Crippen LogP contribution in [0.5, 0.6) is 0 Å². The number of nitrogens with one attached hydrogen (secondary N) is 1. The molecule has 0 aromatic heterocycles. The normalized spacial score (nSPS) is 15.1. The molecule has 1 heterocycles. The number of nitrogens with zero attached hydrogens (tertiary/aromatic N) is 2. The predicted octanol–water partition coefficient (Wildman–Crippen LogP) is 4.13. The number of sulfonamides is 1. The van der Waals surface area contributed by atoms with Crippen LogP contribution in [-0.2, 0) is 14.8 Å². The highest BCUT2D eigenvalue weighted by atomic mass is 32.2. The van der Waals surface area contributed by atoms with Gasteiger partial charge in [0.15, 0.2) is 0 Å². The summed E-state index contributed by atoms with van der Waals surface area (Å²) in [6.07, 6.45) is 7.68. The summed E-state index contributed by atoms with van der Waals surface area (Å²) >= 11 is 1.50. The van der Waals surface area contributed by atoms with Crippen molar-refractivity contribution >= 4 is 33.4 Å². The Balaban J connectivity index is 1.67. The van der Waals surface area contributed by atoms with Crippen LogP contribution in [0, 0.1) is 5.82 Å². The summed E-state index contributed by atoms with van der Waals surface area (Å²) in [5.41, 5.74) is 0.114. The van der Waals surface area contributed by atoms with Gasteiger partial charge in [0.2, 0.25) is 5.91 Å². The lowest BCUT2D eigenvalue weighted by molar-refractivity contribution is -0.119. The van der Waals surface area contributed by atoms with E-state index in [0.717, 1.165) is 41.3 Å². The van der Waals surface area contributed by atoms with Crippen LogP contribution in [0.1, 0.15) is 32.1 Å². The lowest BCUT2D eigenvalue weighted by Gasteiger charge is -2.24. The molecule has 2 aromatic carbocycles. The van der Waals surface area contributed by atoms with E-state index in [1.165, 1.54) is 67.8 Å². The second-order valence-corrected chi connectivity index (χ2v) is 10.9. The van der Waals surface area contributed by atoms with E-state index in [2.05, 4.69) is 10.2 Å². The van der Waals surface area contributed by atoms with Gasteiger partial charge in [-0.15, -0.1) is 11.8 Å². The van der Waals surface area contributed by atoms with Crippen molar-refractivity contribution in [2.45, 2.75) is 41.9 Å². The topological polar surface area (TPSA) is 69.7 Å². The molecule has 1 fully saturated rings. The number of hydrogen-bond acceptors (Lipinski definition) is 5. The Morgan fingerprint density at radius 2 is 1.79 bits per heavy atom. The van der Waals surface area contributed by atoms with Gasteiger partial charge in [-0.1, -0.05) is 18.9 Å². The van der Waals surface area contributed by atoms with Crippen LogP contribution in [0.3, 0.4) is 0 Å². The van der Waals surface area contributed by atoms with Gasteiger partial charge >= 0.3 is 0 Å². The second kappa shape index (κ2) is 12.4. The maximum atomic E-state index is 13.9. The van der Waals surface area contributed by atoms with Crippen LogP contribution in [-0.4, -0.2) is 58.2 Å². The number of likely N-dealkylation sites (tertiary alicyclic amines) is 1. The van der Waals surface area contributed by atoms with Gasteiger partial charge in [-0.2, -0.15) is 0 Å². The van der Waals surface area contributed by atoms with Crippen molar-refractivity contribution in [1.82, 2.24) is 10.2 Å². The first kappa shape index (κ1) is 25.5. The lowest BCUT2D eigenvalue weighted by Crippen LogP contribution is -2.41. The van der Waals surface area contributed by atoms with Crippen molar-refractivity contribution in [1.29, 1.82) is 0 Å². The Bertz CT molecular complexity index is 1010. The third kappa shape index (κ3) is 7.45. The molecule has 180 valence electrons. The predicted molar refractivity (Wildman–Crippen MR) is 132 cm³/mol. The summed E-state index contributed by atoms with van der Waals surface area (Å²) in [5.74, 6) is -0.984. The molecule has 0 bridgehead atoms. The maximum absolute atomic E-state index is 13.9. The summed E-state index contributed by atoms with van der Waals surface area (Å²) in [6, 6.07) is 11.7. The number of amides is 1. The third-order valence-corrected chi connectivity index (χ3v) is 8.23. The van der Waals surface area contributed by atoms with Crippen LogP contribution in [0.2, 0.25) is 0 Å². The van der Waals surface area contributed by atoms with Gasteiger partial charge in [-0.3, -0.25) is 9.10 Å². The molecule has 0 spiro atoms. The largest absolute Gasteiger partial charge is 0.354 e. The number of hydrogen-bond donors (Lipinski definition) is 1. The molecule has 0 atom stereocenters. The zero-order chi connectivity index (χ0) is 23.7. The molecule has 1 aliphatic heterocycles. The number of halogens is 1. The number of rotatable bonds is 10. The van der Waals surface area contributed by atoms with E-state index < -0.39 is 28.3 Å². The van der Waals surface area contributed by atoms with Gasteiger partial charge in [-0.05, 0) is 87.6 Å². The molecule has 1 amide bonds. The van der Waals surface area contributed by atoms with E-state index in [1.807, 2.05) is 6.26 Å². The fraction of sp³-hybridized carbons (Fsp3) is 0.458. The average Bonchev–Trinajstić information content (AvgIpc) is 3.09. The summed E-state index contributed by atoms with van der Waals surface area (Å²) in [5, 5.41) is 2.83. The van der Waals surface area contributed by atoms with Crippen LogP contribution in [0.15, 0.2) is 58.3 Å². The number of benzene rings is 2. The fourth-order valence-corrected chi connectivity index (χ4v) is 5.72. The monoisotopic (exact) mass is 493 g/mol. The van der Waals surface area contributed by atoms with Crippen molar-refractivity contribution in [3.63, 3.8) is 0 Å². The van der Waals surface area contributed by atoms with Gasteiger partial charge in [-0.25, -0.2) is 12.8 Å². The standard InChI is InChI=1S/C24H32FN3O3S2/c1-32-22-10-12-23(13-11-22)33(30,31)28(21-9-6-8-20(25)18-21)19-24(29)26-14-7-17-27-15-4-2-3-5-16-27/h6,8-13,18H,2-5,7,14-17,19H2,1H3,(H,26,29). The van der Waals surface area contributed by atoms with Gasteiger partial charge in [0.05, 0.1) is 10.6 Å². The molecule has 0 unspecified atom stereocenters. The fourth-order valence-electron chi connectivity index (χ4n) is 3.90. The molecule has 1 N–H and O–H groups in total. The van der Waals surface area contributed by atoms with E-state index in [4.69, 9.17) is 0 Å². The molecular formula is C24H32FN3O3S2. The first-order chi connectivity index (χ1) is 15.9. The molecule has 6 nitrogen and oxygen atoms in total. The van der Waals surface area contributed by atoms with E-state index >= 15 is 0 Å². The van der Waals surface area contributed by atoms with Crippen molar-refractivity contribution in [2.75, 3.05) is 43.3 Å². The Hall–Kier alpha value is -2.10. The van der Waals surface area contributed by atoms with Crippen LogP contribution < -0.4 is 9.62 Å². The minimum atomic E-state index is -4.05. The SMILES string of the molecule is CSc1ccc(S(=O)(=O)N(CC(=O)NCCCN2CCCCCC2)c2cccc(F)c2)cc1.